The van der Waals surface area contributed by atoms with Gasteiger partial charge in [0.2, 0.25) is 0 Å². The van der Waals surface area contributed by atoms with Gasteiger partial charge in [0.05, 0.1) is 29.3 Å². The average Bonchev–Trinajstić information content (AvgIpc) is 2.62. The number of ether oxygens (including phenoxy) is 2. The predicted octanol–water partition coefficient (Wildman–Crippen LogP) is 4.18. The van der Waals surface area contributed by atoms with E-state index in [9.17, 15) is 13.2 Å². The second kappa shape index (κ2) is 9.10. The lowest BCUT2D eigenvalue weighted by molar-refractivity contribution is 0.102. The van der Waals surface area contributed by atoms with Gasteiger partial charge in [-0.3, -0.25) is 4.79 Å². The zero-order chi connectivity index (χ0) is 20.0. The van der Waals surface area contributed by atoms with Crippen molar-refractivity contribution >= 4 is 33.0 Å². The maximum Gasteiger partial charge on any atom is 0.255 e. The Hall–Kier alpha value is -2.25. The molecular weight excluding hydrogens is 390 g/mol. The van der Waals surface area contributed by atoms with E-state index < -0.39 is 15.7 Å². The molecule has 2 aromatic rings. The van der Waals surface area contributed by atoms with Crippen LogP contribution in [0, 0.1) is 0 Å². The Morgan fingerprint density at radius 2 is 1.93 bits per heavy atom. The molecule has 0 aliphatic heterocycles. The fraction of sp³-hybridized carbons (Fsp3) is 0.316. The molecule has 1 amide bonds. The number of methoxy groups -OCH3 is 1. The molecule has 0 bridgehead atoms. The molecule has 0 radical (unpaired) electrons. The van der Waals surface area contributed by atoms with Crippen LogP contribution >= 0.6 is 11.6 Å². The number of unbranched alkanes of at least 4 members (excludes halogenated alkanes) is 1. The van der Waals surface area contributed by atoms with E-state index in [1.807, 2.05) is 0 Å². The van der Waals surface area contributed by atoms with Gasteiger partial charge in [-0.1, -0.05) is 24.9 Å². The molecule has 0 aliphatic rings. The number of carbonyl (C=O) groups excluding carboxylic acids is 1. The summed E-state index contributed by atoms with van der Waals surface area (Å²) in [6.07, 6.45) is 2.91. The zero-order valence-corrected chi connectivity index (χ0v) is 17.0. The van der Waals surface area contributed by atoms with Crippen molar-refractivity contribution in [3.8, 4) is 11.5 Å². The Morgan fingerprint density at radius 1 is 1.19 bits per heavy atom. The first kappa shape index (κ1) is 21.1. The number of anilines is 1. The third-order valence-electron chi connectivity index (χ3n) is 3.78. The first-order valence-electron chi connectivity index (χ1n) is 8.38. The Morgan fingerprint density at radius 3 is 2.56 bits per heavy atom. The minimum atomic E-state index is -3.55. The highest BCUT2D eigenvalue weighted by Gasteiger charge is 2.17. The molecule has 0 heterocycles. The number of nitrogens with one attached hydrogen (secondary N) is 1. The topological polar surface area (TPSA) is 81.7 Å². The lowest BCUT2D eigenvalue weighted by atomic mass is 10.2. The standard InChI is InChI=1S/C19H22ClNO5S/c1-4-5-10-26-17-9-7-14(25-2)12-16(17)21-19(22)13-6-8-15(20)18(11-13)27(3,23)24/h6-9,11-12H,4-5,10H2,1-3H3,(H,21,22). The number of sulfone groups is 1. The van der Waals surface area contributed by atoms with Crippen LogP contribution in [-0.4, -0.2) is 34.3 Å². The molecule has 27 heavy (non-hydrogen) atoms. The Labute approximate surface area is 164 Å². The normalized spacial score (nSPS) is 11.1. The van der Waals surface area contributed by atoms with Crippen molar-refractivity contribution in [1.29, 1.82) is 0 Å². The summed E-state index contributed by atoms with van der Waals surface area (Å²) >= 11 is 5.93. The van der Waals surface area contributed by atoms with E-state index in [4.69, 9.17) is 21.1 Å². The van der Waals surface area contributed by atoms with Gasteiger partial charge in [0.15, 0.2) is 9.84 Å². The Bertz CT molecular complexity index is 928. The minimum Gasteiger partial charge on any atom is -0.497 e. The smallest absolute Gasteiger partial charge is 0.255 e. The van der Waals surface area contributed by atoms with Crippen LogP contribution in [0.2, 0.25) is 5.02 Å². The number of hydrogen-bond acceptors (Lipinski definition) is 5. The number of benzene rings is 2. The van der Waals surface area contributed by atoms with Gasteiger partial charge in [0.25, 0.3) is 5.91 Å². The predicted molar refractivity (Wildman–Crippen MR) is 106 cm³/mol. The third-order valence-corrected chi connectivity index (χ3v) is 5.36. The van der Waals surface area contributed by atoms with Crippen LogP contribution < -0.4 is 14.8 Å². The number of carbonyl (C=O) groups is 1. The van der Waals surface area contributed by atoms with Crippen molar-refractivity contribution in [3.63, 3.8) is 0 Å². The highest BCUT2D eigenvalue weighted by molar-refractivity contribution is 7.90. The second-order valence-electron chi connectivity index (χ2n) is 5.94. The molecule has 0 saturated heterocycles. The summed E-state index contributed by atoms with van der Waals surface area (Å²) in [5.41, 5.74) is 0.605. The highest BCUT2D eigenvalue weighted by Crippen LogP contribution is 2.30. The maximum absolute atomic E-state index is 12.6. The summed E-state index contributed by atoms with van der Waals surface area (Å²) in [7, 11) is -2.03. The average molecular weight is 412 g/mol. The van der Waals surface area contributed by atoms with E-state index in [1.54, 1.807) is 18.2 Å². The van der Waals surface area contributed by atoms with E-state index in [2.05, 4.69) is 12.2 Å². The number of rotatable bonds is 8. The van der Waals surface area contributed by atoms with Gasteiger partial charge in [-0.25, -0.2) is 8.42 Å². The Kier molecular flexibility index (Phi) is 7.10. The number of amides is 1. The summed E-state index contributed by atoms with van der Waals surface area (Å²) in [6.45, 7) is 2.57. The van der Waals surface area contributed by atoms with Crippen molar-refractivity contribution in [1.82, 2.24) is 0 Å². The van der Waals surface area contributed by atoms with Gasteiger partial charge >= 0.3 is 0 Å². The van der Waals surface area contributed by atoms with E-state index >= 15 is 0 Å². The molecule has 0 fully saturated rings. The summed E-state index contributed by atoms with van der Waals surface area (Å²) in [4.78, 5) is 12.5. The zero-order valence-electron chi connectivity index (χ0n) is 15.4. The molecule has 0 saturated carbocycles. The van der Waals surface area contributed by atoms with Crippen molar-refractivity contribution in [3.05, 3.63) is 47.0 Å². The fourth-order valence-corrected chi connectivity index (χ4v) is 3.61. The van der Waals surface area contributed by atoms with Crippen LogP contribution in [-0.2, 0) is 9.84 Å². The summed E-state index contributed by atoms with van der Waals surface area (Å²) in [5.74, 6) is 0.584. The monoisotopic (exact) mass is 411 g/mol. The molecular formula is C19H22ClNO5S. The molecule has 8 heteroatoms. The minimum absolute atomic E-state index is 0.0685. The SMILES string of the molecule is CCCCOc1ccc(OC)cc1NC(=O)c1ccc(Cl)c(S(C)(=O)=O)c1. The van der Waals surface area contributed by atoms with E-state index in [0.29, 0.717) is 23.8 Å². The van der Waals surface area contributed by atoms with Crippen molar-refractivity contribution in [2.45, 2.75) is 24.7 Å². The van der Waals surface area contributed by atoms with Gasteiger partial charge in [0.1, 0.15) is 11.5 Å². The van der Waals surface area contributed by atoms with Gasteiger partial charge in [0, 0.05) is 17.9 Å². The molecule has 1 N–H and O–H groups in total. The lowest BCUT2D eigenvalue weighted by Crippen LogP contribution is -2.14. The summed E-state index contributed by atoms with van der Waals surface area (Å²) in [6, 6.07) is 9.20. The molecule has 0 spiro atoms. The number of hydrogen-bond donors (Lipinski definition) is 1. The quantitative estimate of drug-likeness (QED) is 0.659. The summed E-state index contributed by atoms with van der Waals surface area (Å²) in [5, 5.41) is 2.81. The summed E-state index contributed by atoms with van der Waals surface area (Å²) < 4.78 is 34.6. The highest BCUT2D eigenvalue weighted by atomic mass is 35.5. The molecule has 2 rings (SSSR count). The van der Waals surface area contributed by atoms with Crippen LogP contribution in [0.25, 0.3) is 0 Å². The molecule has 2 aromatic carbocycles. The van der Waals surface area contributed by atoms with Gasteiger partial charge in [-0.2, -0.15) is 0 Å². The van der Waals surface area contributed by atoms with Gasteiger partial charge < -0.3 is 14.8 Å². The molecule has 0 aromatic heterocycles. The third kappa shape index (κ3) is 5.61. The van der Waals surface area contributed by atoms with E-state index in [1.165, 1.54) is 25.3 Å². The first-order valence-corrected chi connectivity index (χ1v) is 10.6. The van der Waals surface area contributed by atoms with Crippen molar-refractivity contribution < 1.29 is 22.7 Å². The first-order chi connectivity index (χ1) is 12.8. The fourth-order valence-electron chi connectivity index (χ4n) is 2.31. The molecule has 0 atom stereocenters. The van der Waals surface area contributed by atoms with Gasteiger partial charge in [-0.15, -0.1) is 0 Å². The van der Waals surface area contributed by atoms with E-state index in [-0.39, 0.29) is 15.5 Å². The maximum atomic E-state index is 12.6. The van der Waals surface area contributed by atoms with Crippen LogP contribution in [0.15, 0.2) is 41.3 Å². The molecule has 6 nitrogen and oxygen atoms in total. The van der Waals surface area contributed by atoms with Crippen LogP contribution in [0.3, 0.4) is 0 Å². The lowest BCUT2D eigenvalue weighted by Gasteiger charge is -2.14. The van der Waals surface area contributed by atoms with Crippen LogP contribution in [0.1, 0.15) is 30.1 Å². The molecule has 0 aliphatic carbocycles. The van der Waals surface area contributed by atoms with Crippen LogP contribution in [0.4, 0.5) is 5.69 Å². The van der Waals surface area contributed by atoms with Crippen molar-refractivity contribution in [2.75, 3.05) is 25.3 Å². The molecule has 146 valence electrons. The van der Waals surface area contributed by atoms with E-state index in [0.717, 1.165) is 19.1 Å². The molecule has 0 unspecified atom stereocenters. The number of halogens is 1. The van der Waals surface area contributed by atoms with Crippen LogP contribution in [0.5, 0.6) is 11.5 Å². The Balaban J connectivity index is 2.31. The van der Waals surface area contributed by atoms with Gasteiger partial charge in [-0.05, 0) is 36.8 Å². The van der Waals surface area contributed by atoms with Crippen molar-refractivity contribution in [2.24, 2.45) is 0 Å². The largest absolute Gasteiger partial charge is 0.497 e. The second-order valence-corrected chi connectivity index (χ2v) is 8.33.